The van der Waals surface area contributed by atoms with Crippen molar-refractivity contribution < 1.29 is 9.53 Å². The molecule has 0 saturated carbocycles. The molecule has 0 aliphatic rings. The van der Waals surface area contributed by atoms with E-state index in [0.29, 0.717) is 6.61 Å². The lowest BCUT2D eigenvalue weighted by molar-refractivity contribution is -0.143. The van der Waals surface area contributed by atoms with Gasteiger partial charge in [0.1, 0.15) is 4.83 Å². The van der Waals surface area contributed by atoms with Crippen molar-refractivity contribution in [2.75, 3.05) is 6.61 Å². The van der Waals surface area contributed by atoms with Crippen LogP contribution in [0, 0.1) is 0 Å². The predicted octanol–water partition coefficient (Wildman–Crippen LogP) is 4.84. The molecule has 2 nitrogen and oxygen atoms in total. The van der Waals surface area contributed by atoms with E-state index in [9.17, 15) is 4.79 Å². The summed E-state index contributed by atoms with van der Waals surface area (Å²) in [5.74, 6) is -0.0907. The summed E-state index contributed by atoms with van der Waals surface area (Å²) in [6.45, 7) is 4.88. The lowest BCUT2D eigenvalue weighted by atomic mass is 10.1. The van der Waals surface area contributed by atoms with Gasteiger partial charge in [0, 0.05) is 0 Å². The van der Waals surface area contributed by atoms with Gasteiger partial charge in [0.2, 0.25) is 0 Å². The highest BCUT2D eigenvalue weighted by atomic mass is 79.9. The van der Waals surface area contributed by atoms with Gasteiger partial charge in [0.05, 0.1) is 6.61 Å². The van der Waals surface area contributed by atoms with Gasteiger partial charge in [-0.25, -0.2) is 0 Å². The van der Waals surface area contributed by atoms with E-state index >= 15 is 0 Å². The van der Waals surface area contributed by atoms with Gasteiger partial charge in [-0.2, -0.15) is 0 Å². The van der Waals surface area contributed by atoms with E-state index in [4.69, 9.17) is 4.74 Å². The van der Waals surface area contributed by atoms with E-state index in [1.807, 2.05) is 0 Å². The molecule has 0 bridgehead atoms. The molecule has 0 amide bonds. The Hall–Kier alpha value is -0.0500. The average Bonchev–Trinajstić information content (AvgIpc) is 2.33. The largest absolute Gasteiger partial charge is 0.465 e. The molecule has 1 unspecified atom stereocenters. The van der Waals surface area contributed by atoms with Crippen LogP contribution in [-0.4, -0.2) is 17.4 Å². The third kappa shape index (κ3) is 10.8. The minimum atomic E-state index is -0.106. The zero-order valence-electron chi connectivity index (χ0n) is 11.3. The summed E-state index contributed by atoms with van der Waals surface area (Å²) in [7, 11) is 0. The minimum absolute atomic E-state index is 0.0907. The molecule has 17 heavy (non-hydrogen) atoms. The van der Waals surface area contributed by atoms with E-state index in [0.717, 1.165) is 25.7 Å². The monoisotopic (exact) mass is 306 g/mol. The second kappa shape index (κ2) is 12.4. The number of halogens is 1. The summed E-state index contributed by atoms with van der Waals surface area (Å²) >= 11 is 3.40. The SMILES string of the molecule is CCCCCCCCC(Br)C(=O)OCCCC. The van der Waals surface area contributed by atoms with Crippen molar-refractivity contribution in [3.05, 3.63) is 0 Å². The van der Waals surface area contributed by atoms with Crippen LogP contribution < -0.4 is 0 Å². The van der Waals surface area contributed by atoms with Gasteiger partial charge in [-0.1, -0.05) is 74.7 Å². The highest BCUT2D eigenvalue weighted by Gasteiger charge is 2.15. The standard InChI is InChI=1S/C14H27BrO2/c1-3-5-7-8-9-10-11-13(15)14(16)17-12-6-4-2/h13H,3-12H2,1-2H3. The van der Waals surface area contributed by atoms with Crippen molar-refractivity contribution >= 4 is 21.9 Å². The average molecular weight is 307 g/mol. The summed E-state index contributed by atoms with van der Waals surface area (Å²) in [5.41, 5.74) is 0. The van der Waals surface area contributed by atoms with E-state index in [-0.39, 0.29) is 10.8 Å². The topological polar surface area (TPSA) is 26.3 Å². The maximum absolute atomic E-state index is 11.5. The van der Waals surface area contributed by atoms with Crippen molar-refractivity contribution in [1.29, 1.82) is 0 Å². The zero-order valence-corrected chi connectivity index (χ0v) is 12.9. The molecule has 0 fully saturated rings. The molecule has 0 saturated heterocycles. The Morgan fingerprint density at radius 2 is 1.59 bits per heavy atom. The van der Waals surface area contributed by atoms with Crippen LogP contribution in [0.15, 0.2) is 0 Å². The number of unbranched alkanes of at least 4 members (excludes halogenated alkanes) is 6. The molecule has 102 valence electrons. The number of ether oxygens (including phenoxy) is 1. The third-order valence-electron chi connectivity index (χ3n) is 2.81. The maximum Gasteiger partial charge on any atom is 0.319 e. The maximum atomic E-state index is 11.5. The molecule has 0 aromatic heterocycles. The van der Waals surface area contributed by atoms with Gasteiger partial charge in [-0.05, 0) is 12.8 Å². The number of esters is 1. The summed E-state index contributed by atoms with van der Waals surface area (Å²) in [6, 6.07) is 0. The Balaban J connectivity index is 3.37. The van der Waals surface area contributed by atoms with Gasteiger partial charge in [0.15, 0.2) is 0 Å². The lowest BCUT2D eigenvalue weighted by Gasteiger charge is -2.09. The van der Waals surface area contributed by atoms with Crippen molar-refractivity contribution in [1.82, 2.24) is 0 Å². The van der Waals surface area contributed by atoms with Crippen LogP contribution in [0.3, 0.4) is 0 Å². The molecule has 0 aliphatic heterocycles. The highest BCUT2D eigenvalue weighted by molar-refractivity contribution is 9.10. The minimum Gasteiger partial charge on any atom is -0.465 e. The number of alkyl halides is 1. The first kappa shape index (κ1) is 16.9. The van der Waals surface area contributed by atoms with Gasteiger partial charge in [0.25, 0.3) is 0 Å². The van der Waals surface area contributed by atoms with Crippen LogP contribution >= 0.6 is 15.9 Å². The van der Waals surface area contributed by atoms with Crippen molar-refractivity contribution in [2.45, 2.75) is 76.5 Å². The molecule has 0 N–H and O–H groups in total. The molecule has 0 radical (unpaired) electrons. The molecule has 0 heterocycles. The van der Waals surface area contributed by atoms with E-state index in [2.05, 4.69) is 29.8 Å². The molecule has 0 rings (SSSR count). The van der Waals surface area contributed by atoms with Gasteiger partial charge in [-0.15, -0.1) is 0 Å². The first-order valence-corrected chi connectivity index (χ1v) is 7.94. The number of carbonyl (C=O) groups is 1. The molecule has 0 aromatic carbocycles. The Bertz CT molecular complexity index is 183. The Morgan fingerprint density at radius 3 is 2.24 bits per heavy atom. The number of carbonyl (C=O) groups excluding carboxylic acids is 1. The van der Waals surface area contributed by atoms with E-state index < -0.39 is 0 Å². The number of hydrogen-bond acceptors (Lipinski definition) is 2. The van der Waals surface area contributed by atoms with Gasteiger partial charge < -0.3 is 4.74 Å². The van der Waals surface area contributed by atoms with Crippen LogP contribution in [0.4, 0.5) is 0 Å². The van der Waals surface area contributed by atoms with Crippen LogP contribution in [0.2, 0.25) is 0 Å². The fraction of sp³-hybridized carbons (Fsp3) is 0.929. The molecule has 3 heteroatoms. The second-order valence-corrected chi connectivity index (χ2v) is 5.65. The van der Waals surface area contributed by atoms with E-state index in [1.54, 1.807) is 0 Å². The fourth-order valence-corrected chi connectivity index (χ4v) is 2.09. The summed E-state index contributed by atoms with van der Waals surface area (Å²) in [6.07, 6.45) is 10.5. The van der Waals surface area contributed by atoms with Crippen LogP contribution in [0.1, 0.15) is 71.6 Å². The number of hydrogen-bond donors (Lipinski definition) is 0. The molecular formula is C14H27BrO2. The molecule has 0 aliphatic carbocycles. The summed E-state index contributed by atoms with van der Waals surface area (Å²) < 4.78 is 5.15. The van der Waals surface area contributed by atoms with Crippen molar-refractivity contribution in [3.8, 4) is 0 Å². The van der Waals surface area contributed by atoms with Crippen LogP contribution in [0.25, 0.3) is 0 Å². The Morgan fingerprint density at radius 1 is 1.00 bits per heavy atom. The quantitative estimate of drug-likeness (QED) is 0.310. The van der Waals surface area contributed by atoms with Crippen LogP contribution in [0.5, 0.6) is 0 Å². The van der Waals surface area contributed by atoms with Gasteiger partial charge in [-0.3, -0.25) is 4.79 Å². The normalized spacial score (nSPS) is 12.4. The summed E-state index contributed by atoms with van der Waals surface area (Å²) in [4.78, 5) is 11.4. The zero-order chi connectivity index (χ0) is 12.9. The predicted molar refractivity (Wildman–Crippen MR) is 76.6 cm³/mol. The first-order chi connectivity index (χ1) is 8.22. The highest BCUT2D eigenvalue weighted by Crippen LogP contribution is 2.14. The molecule has 0 aromatic rings. The molecule has 0 spiro atoms. The van der Waals surface area contributed by atoms with Gasteiger partial charge >= 0.3 is 5.97 Å². The van der Waals surface area contributed by atoms with E-state index in [1.165, 1.54) is 32.1 Å². The fourth-order valence-electron chi connectivity index (χ4n) is 1.63. The Labute approximate surface area is 115 Å². The molecular weight excluding hydrogens is 280 g/mol. The smallest absolute Gasteiger partial charge is 0.319 e. The Kier molecular flexibility index (Phi) is 12.4. The molecule has 1 atom stereocenters. The van der Waals surface area contributed by atoms with Crippen LogP contribution in [-0.2, 0) is 9.53 Å². The second-order valence-electron chi connectivity index (χ2n) is 4.55. The first-order valence-electron chi connectivity index (χ1n) is 7.03. The third-order valence-corrected chi connectivity index (χ3v) is 3.64. The van der Waals surface area contributed by atoms with Crippen molar-refractivity contribution in [2.24, 2.45) is 0 Å². The lowest BCUT2D eigenvalue weighted by Crippen LogP contribution is -2.17. The van der Waals surface area contributed by atoms with Crippen molar-refractivity contribution in [3.63, 3.8) is 0 Å². The summed E-state index contributed by atoms with van der Waals surface area (Å²) in [5, 5.41) is 0. The number of rotatable bonds is 11.